The second-order valence-electron chi connectivity index (χ2n) is 4.13. The maximum atomic E-state index is 10.7. The summed E-state index contributed by atoms with van der Waals surface area (Å²) in [4.78, 5) is 10.7. The van der Waals surface area contributed by atoms with Crippen LogP contribution in [0.4, 0.5) is 5.69 Å². The molecule has 0 saturated carbocycles. The zero-order chi connectivity index (χ0) is 14.7. The number of carbonyl (C=O) groups is 1. The highest BCUT2D eigenvalue weighted by Gasteiger charge is 2.08. The summed E-state index contributed by atoms with van der Waals surface area (Å²) in [5.74, 6) is -0.999. The minimum atomic E-state index is -0.976. The molecule has 2 aromatic carbocycles. The summed E-state index contributed by atoms with van der Waals surface area (Å²) in [5.41, 5.74) is 1.50. The first-order chi connectivity index (χ1) is 9.47. The van der Waals surface area contributed by atoms with Crippen LogP contribution in [0, 0.1) is 0 Å². The van der Waals surface area contributed by atoms with Crippen LogP contribution in [0.15, 0.2) is 36.4 Å². The molecule has 0 heterocycles. The third kappa shape index (κ3) is 3.35. The van der Waals surface area contributed by atoms with Gasteiger partial charge in [0.2, 0.25) is 0 Å². The number of phenolic OH excluding ortho intramolecular Hbond substituents is 1. The fourth-order valence-corrected chi connectivity index (χ4v) is 2.22. The first-order valence-corrected chi connectivity index (χ1v) is 6.47. The minimum absolute atomic E-state index is 0.0225. The zero-order valence-corrected chi connectivity index (χ0v) is 11.7. The van der Waals surface area contributed by atoms with Gasteiger partial charge in [-0.2, -0.15) is 0 Å². The topological polar surface area (TPSA) is 69.6 Å². The number of hydrogen-bond acceptors (Lipinski definition) is 3. The lowest BCUT2D eigenvalue weighted by molar-refractivity contribution is 0.0697. The summed E-state index contributed by atoms with van der Waals surface area (Å²) in [6.07, 6.45) is 0. The first-order valence-electron chi connectivity index (χ1n) is 5.71. The van der Waals surface area contributed by atoms with Gasteiger partial charge in [-0.3, -0.25) is 0 Å². The maximum Gasteiger partial charge on any atom is 0.335 e. The highest BCUT2D eigenvalue weighted by Crippen LogP contribution is 2.31. The van der Waals surface area contributed by atoms with Crippen molar-refractivity contribution in [3.05, 3.63) is 57.6 Å². The van der Waals surface area contributed by atoms with Crippen LogP contribution in [0.5, 0.6) is 5.75 Å². The number of carboxylic acids is 1. The number of phenols is 1. The molecule has 0 spiro atoms. The smallest absolute Gasteiger partial charge is 0.335 e. The molecular weight excluding hydrogens is 301 g/mol. The van der Waals surface area contributed by atoms with Gasteiger partial charge in [-0.25, -0.2) is 4.79 Å². The third-order valence-corrected chi connectivity index (χ3v) is 3.23. The molecule has 0 aliphatic carbocycles. The normalized spacial score (nSPS) is 10.3. The summed E-state index contributed by atoms with van der Waals surface area (Å²) in [5, 5.41) is 22.3. The van der Waals surface area contributed by atoms with Gasteiger partial charge in [0.1, 0.15) is 5.75 Å². The Morgan fingerprint density at radius 3 is 2.40 bits per heavy atom. The maximum absolute atomic E-state index is 10.7. The van der Waals surface area contributed by atoms with Gasteiger partial charge in [-0.05, 0) is 36.4 Å². The van der Waals surface area contributed by atoms with Gasteiger partial charge in [0.25, 0.3) is 0 Å². The molecular formula is C14H11Cl2NO3. The van der Waals surface area contributed by atoms with Crippen molar-refractivity contribution in [3.8, 4) is 5.75 Å². The Balaban J connectivity index is 2.11. The van der Waals surface area contributed by atoms with E-state index < -0.39 is 5.97 Å². The van der Waals surface area contributed by atoms with E-state index >= 15 is 0 Å². The zero-order valence-electron chi connectivity index (χ0n) is 10.2. The van der Waals surface area contributed by atoms with Gasteiger partial charge in [0, 0.05) is 22.8 Å². The van der Waals surface area contributed by atoms with Gasteiger partial charge in [0.05, 0.1) is 10.6 Å². The minimum Gasteiger partial charge on any atom is -0.506 e. The molecule has 0 saturated heterocycles. The van der Waals surface area contributed by atoms with Crippen molar-refractivity contribution in [1.82, 2.24) is 0 Å². The van der Waals surface area contributed by atoms with Crippen LogP contribution in [0.2, 0.25) is 10.0 Å². The lowest BCUT2D eigenvalue weighted by atomic mass is 10.1. The fourth-order valence-electron chi connectivity index (χ4n) is 1.68. The highest BCUT2D eigenvalue weighted by molar-refractivity contribution is 6.35. The van der Waals surface area contributed by atoms with E-state index in [1.54, 1.807) is 18.2 Å². The Kier molecular flexibility index (Phi) is 4.37. The monoisotopic (exact) mass is 311 g/mol. The molecule has 0 fully saturated rings. The highest BCUT2D eigenvalue weighted by atomic mass is 35.5. The van der Waals surface area contributed by atoms with Crippen LogP contribution in [0.3, 0.4) is 0 Å². The standard InChI is InChI=1S/C14H11Cl2NO3/c15-10-5-9(13(18)12(16)6-10)7-17-11-3-1-8(2-4-11)14(19)20/h1-6,17-18H,7H2,(H,19,20). The first kappa shape index (κ1) is 14.5. The van der Waals surface area contributed by atoms with Crippen LogP contribution in [-0.2, 0) is 6.54 Å². The molecule has 20 heavy (non-hydrogen) atoms. The molecule has 0 amide bonds. The number of anilines is 1. The van der Waals surface area contributed by atoms with Crippen LogP contribution in [-0.4, -0.2) is 16.2 Å². The third-order valence-electron chi connectivity index (χ3n) is 2.72. The molecule has 0 bridgehead atoms. The van der Waals surface area contributed by atoms with Crippen LogP contribution in [0.25, 0.3) is 0 Å². The molecule has 0 atom stereocenters. The van der Waals surface area contributed by atoms with E-state index in [9.17, 15) is 9.90 Å². The predicted molar refractivity (Wildman–Crippen MR) is 78.9 cm³/mol. The van der Waals surface area contributed by atoms with Crippen LogP contribution in [0.1, 0.15) is 15.9 Å². The van der Waals surface area contributed by atoms with Crippen molar-refractivity contribution in [3.63, 3.8) is 0 Å². The molecule has 104 valence electrons. The summed E-state index contributed by atoms with van der Waals surface area (Å²) in [6, 6.07) is 9.36. The van der Waals surface area contributed by atoms with Gasteiger partial charge in [0.15, 0.2) is 0 Å². The summed E-state index contributed by atoms with van der Waals surface area (Å²) < 4.78 is 0. The second kappa shape index (κ2) is 6.03. The quantitative estimate of drug-likeness (QED) is 0.798. The number of aromatic carboxylic acids is 1. The van der Waals surface area contributed by atoms with E-state index in [1.807, 2.05) is 0 Å². The average Bonchev–Trinajstić information content (AvgIpc) is 2.41. The molecule has 6 heteroatoms. The van der Waals surface area contributed by atoms with Crippen LogP contribution < -0.4 is 5.32 Å². The van der Waals surface area contributed by atoms with Gasteiger partial charge >= 0.3 is 5.97 Å². The largest absolute Gasteiger partial charge is 0.506 e. The molecule has 0 radical (unpaired) electrons. The van der Waals surface area contributed by atoms with Gasteiger partial charge in [-0.1, -0.05) is 23.2 Å². The molecule has 3 N–H and O–H groups in total. The lowest BCUT2D eigenvalue weighted by Crippen LogP contribution is -2.01. The number of halogens is 2. The van der Waals surface area contributed by atoms with Crippen molar-refractivity contribution in [2.75, 3.05) is 5.32 Å². The van der Waals surface area contributed by atoms with E-state index in [-0.39, 0.29) is 16.3 Å². The van der Waals surface area contributed by atoms with Gasteiger partial charge < -0.3 is 15.5 Å². The number of carboxylic acid groups (broad SMARTS) is 1. The SMILES string of the molecule is O=C(O)c1ccc(NCc2cc(Cl)cc(Cl)c2O)cc1. The fraction of sp³-hybridized carbons (Fsp3) is 0.0714. The molecule has 4 nitrogen and oxygen atoms in total. The predicted octanol–water partition coefficient (Wildman–Crippen LogP) is 4.01. The molecule has 2 rings (SSSR count). The van der Waals surface area contributed by atoms with E-state index in [1.165, 1.54) is 18.2 Å². The average molecular weight is 312 g/mol. The Morgan fingerprint density at radius 1 is 1.15 bits per heavy atom. The Morgan fingerprint density at radius 2 is 1.80 bits per heavy atom. The molecule has 0 aromatic heterocycles. The molecule has 0 aliphatic heterocycles. The van der Waals surface area contributed by atoms with E-state index in [0.29, 0.717) is 17.1 Å². The number of benzene rings is 2. The van der Waals surface area contributed by atoms with E-state index in [2.05, 4.69) is 5.32 Å². The second-order valence-corrected chi connectivity index (χ2v) is 4.98. The van der Waals surface area contributed by atoms with Crippen molar-refractivity contribution in [1.29, 1.82) is 0 Å². The summed E-state index contributed by atoms with van der Waals surface area (Å²) in [7, 11) is 0. The van der Waals surface area contributed by atoms with Crippen molar-refractivity contribution >= 4 is 34.9 Å². The number of nitrogens with one attached hydrogen (secondary N) is 1. The number of aromatic hydroxyl groups is 1. The van der Waals surface area contributed by atoms with Crippen molar-refractivity contribution in [2.24, 2.45) is 0 Å². The Hall–Kier alpha value is -1.91. The molecule has 0 aliphatic rings. The van der Waals surface area contributed by atoms with E-state index in [4.69, 9.17) is 28.3 Å². The number of rotatable bonds is 4. The number of hydrogen-bond donors (Lipinski definition) is 3. The Labute approximate surface area is 125 Å². The van der Waals surface area contributed by atoms with E-state index in [0.717, 1.165) is 5.69 Å². The lowest BCUT2D eigenvalue weighted by Gasteiger charge is -2.10. The van der Waals surface area contributed by atoms with Crippen molar-refractivity contribution < 1.29 is 15.0 Å². The van der Waals surface area contributed by atoms with Crippen LogP contribution >= 0.6 is 23.2 Å². The molecule has 0 unspecified atom stereocenters. The van der Waals surface area contributed by atoms with Gasteiger partial charge in [-0.15, -0.1) is 0 Å². The Bertz CT molecular complexity index is 642. The molecule has 2 aromatic rings. The van der Waals surface area contributed by atoms with Crippen molar-refractivity contribution in [2.45, 2.75) is 6.54 Å². The summed E-state index contributed by atoms with van der Waals surface area (Å²) in [6.45, 7) is 0.318. The summed E-state index contributed by atoms with van der Waals surface area (Å²) >= 11 is 11.7.